The standard InChI is InChI=1S/C25H29N3O4S/c1-16-22(15-33-25-26-12-13-28(25)3)31-24(20-8-10-21(11-9-20)27-17(2)30)32-23(16)19-6-4-18(14-29)5-7-19/h4-13,16,22-24,29H,14-15H2,1-3H3,(H,27,30). The molecule has 8 heteroatoms. The Kier molecular flexibility index (Phi) is 7.49. The second kappa shape index (κ2) is 10.5. The summed E-state index contributed by atoms with van der Waals surface area (Å²) in [6, 6.07) is 15.4. The number of nitrogens with one attached hydrogen (secondary N) is 1. The minimum Gasteiger partial charge on any atom is -0.392 e. The fraction of sp³-hybridized carbons (Fsp3) is 0.360. The Morgan fingerprint density at radius 2 is 1.82 bits per heavy atom. The van der Waals surface area contributed by atoms with Crippen molar-refractivity contribution < 1.29 is 19.4 Å². The van der Waals surface area contributed by atoms with Crippen LogP contribution in [0.4, 0.5) is 5.69 Å². The van der Waals surface area contributed by atoms with Gasteiger partial charge in [0.15, 0.2) is 11.4 Å². The summed E-state index contributed by atoms with van der Waals surface area (Å²) < 4.78 is 14.9. The summed E-state index contributed by atoms with van der Waals surface area (Å²) in [5, 5.41) is 13.1. The number of aliphatic hydroxyl groups excluding tert-OH is 1. The number of hydrogen-bond acceptors (Lipinski definition) is 6. The number of thioether (sulfide) groups is 1. The summed E-state index contributed by atoms with van der Waals surface area (Å²) in [5.74, 6) is 0.730. The molecule has 174 valence electrons. The predicted octanol–water partition coefficient (Wildman–Crippen LogP) is 4.45. The Hall–Kier alpha value is -2.65. The third-order valence-electron chi connectivity index (χ3n) is 5.78. The lowest BCUT2D eigenvalue weighted by Gasteiger charge is -2.41. The van der Waals surface area contributed by atoms with Crippen molar-refractivity contribution in [2.75, 3.05) is 11.1 Å². The molecule has 33 heavy (non-hydrogen) atoms. The van der Waals surface area contributed by atoms with Crippen LogP contribution in [-0.2, 0) is 27.9 Å². The zero-order chi connectivity index (χ0) is 23.4. The molecule has 2 heterocycles. The van der Waals surface area contributed by atoms with Crippen LogP contribution in [0.5, 0.6) is 0 Å². The predicted molar refractivity (Wildman–Crippen MR) is 128 cm³/mol. The van der Waals surface area contributed by atoms with E-state index >= 15 is 0 Å². The summed E-state index contributed by atoms with van der Waals surface area (Å²) in [4.78, 5) is 15.7. The monoisotopic (exact) mass is 467 g/mol. The lowest BCUT2D eigenvalue weighted by molar-refractivity contribution is -0.268. The van der Waals surface area contributed by atoms with Gasteiger partial charge in [0, 0.05) is 49.3 Å². The molecule has 4 rings (SSSR count). The molecule has 4 unspecified atom stereocenters. The van der Waals surface area contributed by atoms with Gasteiger partial charge in [0.1, 0.15) is 0 Å². The smallest absolute Gasteiger partial charge is 0.221 e. The van der Waals surface area contributed by atoms with Gasteiger partial charge in [-0.15, -0.1) is 0 Å². The van der Waals surface area contributed by atoms with Gasteiger partial charge in [-0.2, -0.15) is 0 Å². The van der Waals surface area contributed by atoms with Crippen LogP contribution in [-0.4, -0.2) is 32.4 Å². The number of carbonyl (C=O) groups is 1. The molecule has 1 aliphatic heterocycles. The van der Waals surface area contributed by atoms with Crippen LogP contribution in [0.2, 0.25) is 0 Å². The van der Waals surface area contributed by atoms with E-state index in [-0.39, 0.29) is 30.6 Å². The van der Waals surface area contributed by atoms with E-state index < -0.39 is 6.29 Å². The van der Waals surface area contributed by atoms with E-state index in [0.717, 1.165) is 33.3 Å². The first-order chi connectivity index (χ1) is 15.9. The van der Waals surface area contributed by atoms with E-state index in [1.165, 1.54) is 6.92 Å². The highest BCUT2D eigenvalue weighted by Gasteiger charge is 2.38. The molecule has 3 aromatic rings. The molecular formula is C25H29N3O4S. The lowest BCUT2D eigenvalue weighted by Crippen LogP contribution is -2.38. The topological polar surface area (TPSA) is 85.6 Å². The van der Waals surface area contributed by atoms with Gasteiger partial charge in [-0.1, -0.05) is 55.1 Å². The molecule has 0 saturated carbocycles. The SMILES string of the molecule is CC(=O)Nc1ccc(C2OC(CSc3nccn3C)C(C)C(c3ccc(CO)cc3)O2)cc1. The zero-order valence-corrected chi connectivity index (χ0v) is 19.8. The van der Waals surface area contributed by atoms with E-state index in [9.17, 15) is 9.90 Å². The number of carbonyl (C=O) groups excluding carboxylic acids is 1. The third kappa shape index (κ3) is 5.65. The van der Waals surface area contributed by atoms with Crippen molar-refractivity contribution in [1.82, 2.24) is 9.55 Å². The van der Waals surface area contributed by atoms with E-state index in [1.54, 1.807) is 18.0 Å². The Morgan fingerprint density at radius 1 is 1.12 bits per heavy atom. The van der Waals surface area contributed by atoms with E-state index in [2.05, 4.69) is 17.2 Å². The second-order valence-corrected chi connectivity index (χ2v) is 9.24. The molecule has 2 aromatic carbocycles. The molecule has 1 aromatic heterocycles. The molecule has 0 aliphatic carbocycles. The maximum Gasteiger partial charge on any atom is 0.221 e. The summed E-state index contributed by atoms with van der Waals surface area (Å²) in [7, 11) is 1.98. The van der Waals surface area contributed by atoms with Gasteiger partial charge in [0.2, 0.25) is 5.91 Å². The van der Waals surface area contributed by atoms with Gasteiger partial charge in [-0.25, -0.2) is 4.98 Å². The molecule has 7 nitrogen and oxygen atoms in total. The Balaban J connectivity index is 1.57. The Morgan fingerprint density at radius 3 is 2.42 bits per heavy atom. The normalized spacial score (nSPS) is 22.8. The van der Waals surface area contributed by atoms with Gasteiger partial charge in [-0.3, -0.25) is 4.79 Å². The molecule has 2 N–H and O–H groups in total. The Bertz CT molecular complexity index is 1070. The van der Waals surface area contributed by atoms with Gasteiger partial charge < -0.3 is 24.5 Å². The largest absolute Gasteiger partial charge is 0.392 e. The third-order valence-corrected chi connectivity index (χ3v) is 6.93. The number of amides is 1. The number of anilines is 1. The number of aromatic nitrogens is 2. The van der Waals surface area contributed by atoms with Crippen LogP contribution >= 0.6 is 11.8 Å². The van der Waals surface area contributed by atoms with E-state index in [4.69, 9.17) is 9.47 Å². The van der Waals surface area contributed by atoms with Crippen LogP contribution in [0.15, 0.2) is 66.1 Å². The number of imidazole rings is 1. The van der Waals surface area contributed by atoms with Crippen LogP contribution in [0.25, 0.3) is 0 Å². The molecule has 4 atom stereocenters. The molecule has 0 spiro atoms. The molecular weight excluding hydrogens is 438 g/mol. The van der Waals surface area contributed by atoms with Crippen molar-refractivity contribution in [3.8, 4) is 0 Å². The quantitative estimate of drug-likeness (QED) is 0.499. The van der Waals surface area contributed by atoms with Crippen molar-refractivity contribution in [3.05, 3.63) is 77.6 Å². The number of hydrogen-bond donors (Lipinski definition) is 2. The molecule has 1 fully saturated rings. The van der Waals surface area contributed by atoms with Crippen molar-refractivity contribution in [2.24, 2.45) is 13.0 Å². The molecule has 0 bridgehead atoms. The Labute approximate surface area is 198 Å². The van der Waals surface area contributed by atoms with E-state index in [1.807, 2.05) is 66.3 Å². The number of benzene rings is 2. The molecule has 0 radical (unpaired) electrons. The molecule has 1 amide bonds. The number of rotatable bonds is 7. The average molecular weight is 468 g/mol. The number of nitrogens with zero attached hydrogens (tertiary/aromatic N) is 2. The van der Waals surface area contributed by atoms with Gasteiger partial charge >= 0.3 is 0 Å². The first-order valence-electron chi connectivity index (χ1n) is 10.9. The summed E-state index contributed by atoms with van der Waals surface area (Å²) in [6.45, 7) is 3.64. The minimum absolute atomic E-state index is 0.0106. The van der Waals surface area contributed by atoms with E-state index in [0.29, 0.717) is 0 Å². The van der Waals surface area contributed by atoms with Gasteiger partial charge in [-0.05, 0) is 23.3 Å². The van der Waals surface area contributed by atoms with Crippen molar-refractivity contribution in [2.45, 2.75) is 44.1 Å². The maximum atomic E-state index is 11.3. The number of aryl methyl sites for hydroxylation is 1. The number of ether oxygens (including phenoxy) is 2. The van der Waals surface area contributed by atoms with Crippen LogP contribution in [0, 0.1) is 5.92 Å². The maximum absolute atomic E-state index is 11.3. The second-order valence-electron chi connectivity index (χ2n) is 8.26. The average Bonchev–Trinajstić information content (AvgIpc) is 3.23. The minimum atomic E-state index is -0.540. The molecule has 1 saturated heterocycles. The van der Waals surface area contributed by atoms with Crippen molar-refractivity contribution >= 4 is 23.4 Å². The highest BCUT2D eigenvalue weighted by Crippen LogP contribution is 2.43. The summed E-state index contributed by atoms with van der Waals surface area (Å²) >= 11 is 1.66. The van der Waals surface area contributed by atoms with Gasteiger partial charge in [0.05, 0.1) is 18.8 Å². The zero-order valence-electron chi connectivity index (χ0n) is 19.0. The first kappa shape index (κ1) is 23.5. The van der Waals surface area contributed by atoms with Crippen LogP contribution in [0.3, 0.4) is 0 Å². The van der Waals surface area contributed by atoms with Crippen molar-refractivity contribution in [3.63, 3.8) is 0 Å². The fourth-order valence-electron chi connectivity index (χ4n) is 3.88. The van der Waals surface area contributed by atoms with Crippen molar-refractivity contribution in [1.29, 1.82) is 0 Å². The fourth-order valence-corrected chi connectivity index (χ4v) is 4.98. The lowest BCUT2D eigenvalue weighted by atomic mass is 9.91. The first-order valence-corrected chi connectivity index (χ1v) is 11.9. The van der Waals surface area contributed by atoms with Crippen LogP contribution in [0.1, 0.15) is 42.9 Å². The molecule has 1 aliphatic rings. The number of aliphatic hydroxyl groups is 1. The summed E-state index contributed by atoms with van der Waals surface area (Å²) in [5.41, 5.74) is 3.54. The highest BCUT2D eigenvalue weighted by atomic mass is 32.2. The van der Waals surface area contributed by atoms with Gasteiger partial charge in [0.25, 0.3) is 0 Å². The summed E-state index contributed by atoms with van der Waals surface area (Å²) in [6.07, 6.45) is 2.95. The van der Waals surface area contributed by atoms with Crippen LogP contribution < -0.4 is 5.32 Å². The highest BCUT2D eigenvalue weighted by molar-refractivity contribution is 7.99.